The van der Waals surface area contributed by atoms with Gasteiger partial charge in [0.15, 0.2) is 0 Å². The average molecular weight is 462 g/mol. The first kappa shape index (κ1) is 26.6. The van der Waals surface area contributed by atoms with Crippen LogP contribution < -0.4 is 16.4 Å². The zero-order valence-corrected chi connectivity index (χ0v) is 19.7. The molecule has 0 heterocycles. The van der Waals surface area contributed by atoms with E-state index < -0.39 is 0 Å². The molecule has 5 N–H and O–H groups in total. The van der Waals surface area contributed by atoms with Gasteiger partial charge in [-0.2, -0.15) is 0 Å². The summed E-state index contributed by atoms with van der Waals surface area (Å²) in [6.07, 6.45) is 2.85. The predicted molar refractivity (Wildman–Crippen MR) is 136 cm³/mol. The lowest BCUT2D eigenvalue weighted by Crippen LogP contribution is -2.42. The van der Waals surface area contributed by atoms with Crippen molar-refractivity contribution in [2.75, 3.05) is 6.54 Å². The molecular weight excluding hydrogens is 426 g/mol. The third-order valence-corrected chi connectivity index (χ3v) is 5.30. The molecule has 0 aromatic heterocycles. The first-order valence-corrected chi connectivity index (χ1v) is 11.6. The minimum Gasteiger partial charge on any atom is -0.508 e. The molecule has 1 atom stereocenters. The van der Waals surface area contributed by atoms with E-state index >= 15 is 0 Å². The summed E-state index contributed by atoms with van der Waals surface area (Å²) in [6.45, 7) is 3.15. The number of rotatable bonds is 11. The van der Waals surface area contributed by atoms with Crippen molar-refractivity contribution in [1.29, 1.82) is 0 Å². The fraction of sp³-hybridized carbons (Fsp3) is 0.286. The standard InChI is InChI=1S/C18H22N2O2.C10H13NO/c19-18(22)17(11-8-14-4-2-1-3-5-14)20-13-12-15-6-9-16(21)10-7-15;1-2-10(12)11-8-9-6-4-3-5-7-9/h1-7,9-10,17,20-21H,8,11-13H2,(H2,19,22);3-7H,2,8H2,1H3,(H,11,12)/t17-;/m1./s1. The highest BCUT2D eigenvalue weighted by Gasteiger charge is 2.14. The van der Waals surface area contributed by atoms with Crippen LogP contribution in [0.4, 0.5) is 0 Å². The van der Waals surface area contributed by atoms with Crippen LogP contribution in [0.2, 0.25) is 0 Å². The third-order valence-electron chi connectivity index (χ3n) is 5.30. The van der Waals surface area contributed by atoms with Gasteiger partial charge in [-0.1, -0.05) is 79.7 Å². The molecular formula is C28H35N3O3. The molecule has 34 heavy (non-hydrogen) atoms. The van der Waals surface area contributed by atoms with E-state index in [2.05, 4.69) is 22.8 Å². The van der Waals surface area contributed by atoms with Crippen LogP contribution in [-0.2, 0) is 29.0 Å². The van der Waals surface area contributed by atoms with Crippen molar-refractivity contribution in [3.63, 3.8) is 0 Å². The lowest BCUT2D eigenvalue weighted by atomic mass is 10.0. The molecule has 3 aromatic rings. The monoisotopic (exact) mass is 461 g/mol. The van der Waals surface area contributed by atoms with Gasteiger partial charge in [0.25, 0.3) is 0 Å². The maximum atomic E-state index is 11.5. The maximum absolute atomic E-state index is 11.5. The number of primary amides is 1. The van der Waals surface area contributed by atoms with Crippen molar-refractivity contribution in [1.82, 2.24) is 10.6 Å². The number of phenolic OH excluding ortho intramolecular Hbond substituents is 1. The number of carbonyl (C=O) groups excluding carboxylic acids is 2. The molecule has 0 radical (unpaired) electrons. The minimum atomic E-state index is -0.322. The van der Waals surface area contributed by atoms with Gasteiger partial charge >= 0.3 is 0 Å². The Balaban J connectivity index is 0.000000287. The van der Waals surface area contributed by atoms with E-state index in [-0.39, 0.29) is 23.6 Å². The molecule has 0 aliphatic carbocycles. The number of nitrogens with two attached hydrogens (primary N) is 1. The molecule has 180 valence electrons. The average Bonchev–Trinajstić information content (AvgIpc) is 2.87. The predicted octanol–water partition coefficient (Wildman–Crippen LogP) is 3.72. The molecule has 0 bridgehead atoms. The van der Waals surface area contributed by atoms with Crippen LogP contribution in [0, 0.1) is 0 Å². The van der Waals surface area contributed by atoms with Crippen molar-refractivity contribution in [2.24, 2.45) is 5.73 Å². The Hall–Kier alpha value is -3.64. The summed E-state index contributed by atoms with van der Waals surface area (Å²) < 4.78 is 0. The number of hydrogen-bond acceptors (Lipinski definition) is 4. The van der Waals surface area contributed by atoms with Crippen LogP contribution in [0.15, 0.2) is 84.9 Å². The second kappa shape index (κ2) is 15.2. The van der Waals surface area contributed by atoms with Gasteiger partial charge < -0.3 is 21.5 Å². The van der Waals surface area contributed by atoms with E-state index in [9.17, 15) is 14.7 Å². The van der Waals surface area contributed by atoms with Crippen LogP contribution >= 0.6 is 0 Å². The van der Waals surface area contributed by atoms with E-state index in [4.69, 9.17) is 5.73 Å². The maximum Gasteiger partial charge on any atom is 0.234 e. The summed E-state index contributed by atoms with van der Waals surface area (Å²) in [5.74, 6) is 0.0371. The zero-order valence-electron chi connectivity index (χ0n) is 19.7. The van der Waals surface area contributed by atoms with Gasteiger partial charge in [-0.3, -0.25) is 9.59 Å². The van der Waals surface area contributed by atoms with Gasteiger partial charge in [0, 0.05) is 13.0 Å². The molecule has 6 nitrogen and oxygen atoms in total. The van der Waals surface area contributed by atoms with E-state index in [0.717, 1.165) is 24.0 Å². The Bertz CT molecular complexity index is 977. The number of aryl methyl sites for hydroxylation is 1. The SMILES string of the molecule is CCC(=O)NCc1ccccc1.NC(=O)[C@@H](CCc1ccccc1)NCCc1ccc(O)cc1. The molecule has 6 heteroatoms. The Kier molecular flexibility index (Phi) is 11.9. The van der Waals surface area contributed by atoms with Gasteiger partial charge in [-0.25, -0.2) is 0 Å². The van der Waals surface area contributed by atoms with Crippen molar-refractivity contribution in [3.8, 4) is 5.75 Å². The molecule has 3 aromatic carbocycles. The van der Waals surface area contributed by atoms with Crippen molar-refractivity contribution >= 4 is 11.8 Å². The van der Waals surface area contributed by atoms with Gasteiger partial charge in [-0.15, -0.1) is 0 Å². The van der Waals surface area contributed by atoms with Crippen LogP contribution in [0.1, 0.15) is 36.5 Å². The first-order valence-electron chi connectivity index (χ1n) is 11.6. The van der Waals surface area contributed by atoms with Gasteiger partial charge in [0.2, 0.25) is 11.8 Å². The summed E-state index contributed by atoms with van der Waals surface area (Å²) in [4.78, 5) is 22.4. The van der Waals surface area contributed by atoms with E-state index in [1.807, 2.05) is 67.6 Å². The molecule has 0 spiro atoms. The number of benzene rings is 3. The number of phenols is 1. The third kappa shape index (κ3) is 10.8. The molecule has 0 aliphatic heterocycles. The first-order chi connectivity index (χ1) is 16.5. The van der Waals surface area contributed by atoms with Crippen LogP contribution in [-0.4, -0.2) is 29.5 Å². The molecule has 0 fully saturated rings. The lowest BCUT2D eigenvalue weighted by Gasteiger charge is -2.15. The van der Waals surface area contributed by atoms with Crippen LogP contribution in [0.5, 0.6) is 5.75 Å². The normalized spacial score (nSPS) is 11.1. The number of aromatic hydroxyl groups is 1. The van der Waals surface area contributed by atoms with E-state index in [1.54, 1.807) is 12.1 Å². The number of hydrogen-bond donors (Lipinski definition) is 4. The molecule has 0 saturated heterocycles. The van der Waals surface area contributed by atoms with Crippen molar-refractivity contribution in [3.05, 3.63) is 102 Å². The fourth-order valence-electron chi connectivity index (χ4n) is 3.28. The lowest BCUT2D eigenvalue weighted by molar-refractivity contribution is -0.121. The summed E-state index contributed by atoms with van der Waals surface area (Å²) in [7, 11) is 0. The summed E-state index contributed by atoms with van der Waals surface area (Å²) in [6, 6.07) is 26.7. The minimum absolute atomic E-state index is 0.0962. The fourth-order valence-corrected chi connectivity index (χ4v) is 3.28. The molecule has 0 aliphatic rings. The Labute approximate surface area is 202 Å². The molecule has 3 rings (SSSR count). The van der Waals surface area contributed by atoms with Gasteiger partial charge in [0.05, 0.1) is 6.04 Å². The number of amides is 2. The van der Waals surface area contributed by atoms with Gasteiger partial charge in [0.1, 0.15) is 5.75 Å². The molecule has 0 saturated carbocycles. The summed E-state index contributed by atoms with van der Waals surface area (Å²) in [5, 5.41) is 15.3. The van der Waals surface area contributed by atoms with Crippen LogP contribution in [0.25, 0.3) is 0 Å². The topological polar surface area (TPSA) is 104 Å². The second-order valence-electron chi connectivity index (χ2n) is 7.97. The largest absolute Gasteiger partial charge is 0.508 e. The Morgan fingerprint density at radius 1 is 0.824 bits per heavy atom. The highest BCUT2D eigenvalue weighted by molar-refractivity contribution is 5.79. The van der Waals surface area contributed by atoms with Crippen LogP contribution in [0.3, 0.4) is 0 Å². The number of carbonyl (C=O) groups is 2. The van der Waals surface area contributed by atoms with Crippen molar-refractivity contribution < 1.29 is 14.7 Å². The van der Waals surface area contributed by atoms with E-state index in [1.165, 1.54) is 5.56 Å². The Morgan fingerprint density at radius 3 is 1.94 bits per heavy atom. The zero-order chi connectivity index (χ0) is 24.6. The smallest absolute Gasteiger partial charge is 0.234 e. The van der Waals surface area contributed by atoms with E-state index in [0.29, 0.717) is 25.9 Å². The number of nitrogens with one attached hydrogen (secondary N) is 2. The Morgan fingerprint density at radius 2 is 1.38 bits per heavy atom. The summed E-state index contributed by atoms with van der Waals surface area (Å²) >= 11 is 0. The quantitative estimate of drug-likeness (QED) is 0.349. The molecule has 2 amide bonds. The highest BCUT2D eigenvalue weighted by Crippen LogP contribution is 2.10. The van der Waals surface area contributed by atoms with Gasteiger partial charge in [-0.05, 0) is 54.6 Å². The second-order valence-corrected chi connectivity index (χ2v) is 7.97. The highest BCUT2D eigenvalue weighted by atomic mass is 16.3. The molecule has 0 unspecified atom stereocenters. The van der Waals surface area contributed by atoms with Crippen molar-refractivity contribution in [2.45, 2.75) is 45.2 Å². The summed E-state index contributed by atoms with van der Waals surface area (Å²) in [5.41, 5.74) is 8.91.